The first-order valence-corrected chi connectivity index (χ1v) is 14.5. The van der Waals surface area contributed by atoms with E-state index in [1.807, 2.05) is 36.4 Å². The van der Waals surface area contributed by atoms with Gasteiger partial charge in [-0.1, -0.05) is 48.5 Å². The largest absolute Gasteiger partial charge is 0.508 e. The lowest BCUT2D eigenvalue weighted by molar-refractivity contribution is 0.0982. The van der Waals surface area contributed by atoms with Gasteiger partial charge in [0, 0.05) is 42.5 Å². The van der Waals surface area contributed by atoms with E-state index in [9.17, 15) is 23.4 Å². The number of phenolic OH excluding ortho intramolecular Hbond substituents is 2. The third kappa shape index (κ3) is 6.46. The zero-order valence-electron chi connectivity index (χ0n) is 22.7. The maximum atomic E-state index is 13.6. The van der Waals surface area contributed by atoms with Gasteiger partial charge in [0.1, 0.15) is 16.4 Å². The summed E-state index contributed by atoms with van der Waals surface area (Å²) in [5, 5.41) is 20.0. The van der Waals surface area contributed by atoms with Crippen LogP contribution in [0.1, 0.15) is 27.0 Å². The predicted molar refractivity (Wildman–Crippen MR) is 159 cm³/mol. The first-order chi connectivity index (χ1) is 20.2. The highest BCUT2D eigenvalue weighted by Crippen LogP contribution is 2.30. The van der Waals surface area contributed by atoms with Crippen LogP contribution in [0.25, 0.3) is 11.3 Å². The van der Waals surface area contributed by atoms with Gasteiger partial charge in [0.25, 0.3) is 5.91 Å². The standard InChI is InChI=1S/C32H28N4O5S/c1-22-16-28(42(40,41)35-19-23-6-3-2-4-7-23)20-34-31(22)25-9-11-26(12-10-25)36(21-24-8-5-15-33-18-24)32(39)29-14-13-27(37)17-30(29)38/h2-18,20,35,37-38H,19,21H2,1H3. The highest BCUT2D eigenvalue weighted by molar-refractivity contribution is 7.89. The number of sulfonamides is 1. The normalized spacial score (nSPS) is 11.3. The van der Waals surface area contributed by atoms with Gasteiger partial charge in [-0.25, -0.2) is 13.1 Å². The van der Waals surface area contributed by atoms with Crippen molar-refractivity contribution in [3.8, 4) is 22.8 Å². The molecule has 42 heavy (non-hydrogen) atoms. The second kappa shape index (κ2) is 12.2. The minimum atomic E-state index is -3.77. The molecule has 0 spiro atoms. The number of aryl methyl sites for hydroxylation is 1. The lowest BCUT2D eigenvalue weighted by atomic mass is 10.1. The number of amides is 1. The summed E-state index contributed by atoms with van der Waals surface area (Å²) in [5.41, 5.74) is 4.23. The summed E-state index contributed by atoms with van der Waals surface area (Å²) in [6.07, 6.45) is 4.62. The van der Waals surface area contributed by atoms with Gasteiger partial charge in [0.05, 0.1) is 17.8 Å². The molecule has 0 fully saturated rings. The van der Waals surface area contributed by atoms with Crippen molar-refractivity contribution in [3.63, 3.8) is 0 Å². The van der Waals surface area contributed by atoms with E-state index >= 15 is 0 Å². The Morgan fingerprint density at radius 3 is 2.29 bits per heavy atom. The van der Waals surface area contributed by atoms with Gasteiger partial charge in [0.2, 0.25) is 10.0 Å². The van der Waals surface area contributed by atoms with E-state index in [-0.39, 0.29) is 35.0 Å². The fourth-order valence-electron chi connectivity index (χ4n) is 4.46. The van der Waals surface area contributed by atoms with Gasteiger partial charge in [-0.3, -0.25) is 14.8 Å². The lowest BCUT2D eigenvalue weighted by Gasteiger charge is -2.24. The second-order valence-corrected chi connectivity index (χ2v) is 11.4. The Bertz CT molecular complexity index is 1810. The van der Waals surface area contributed by atoms with Crippen LogP contribution in [0.2, 0.25) is 0 Å². The highest BCUT2D eigenvalue weighted by atomic mass is 32.2. The Kier molecular flexibility index (Phi) is 8.28. The van der Waals surface area contributed by atoms with Gasteiger partial charge in [0.15, 0.2) is 0 Å². The van der Waals surface area contributed by atoms with E-state index in [1.54, 1.807) is 55.7 Å². The second-order valence-electron chi connectivity index (χ2n) is 9.65. The van der Waals surface area contributed by atoms with Crippen LogP contribution in [0.4, 0.5) is 5.69 Å². The minimum Gasteiger partial charge on any atom is -0.508 e. The third-order valence-corrected chi connectivity index (χ3v) is 8.01. The molecule has 0 atom stereocenters. The molecular weight excluding hydrogens is 552 g/mol. The van der Waals surface area contributed by atoms with Crippen LogP contribution in [0.15, 0.2) is 114 Å². The average molecular weight is 581 g/mol. The molecule has 10 heteroatoms. The van der Waals surface area contributed by atoms with E-state index < -0.39 is 15.9 Å². The van der Waals surface area contributed by atoms with E-state index in [0.717, 1.165) is 22.8 Å². The molecule has 3 N–H and O–H groups in total. The molecular formula is C32H28N4O5S. The van der Waals surface area contributed by atoms with Gasteiger partial charge in [-0.05, 0) is 60.0 Å². The smallest absolute Gasteiger partial charge is 0.262 e. The Labute approximate surface area is 243 Å². The molecule has 2 aromatic heterocycles. The summed E-state index contributed by atoms with van der Waals surface area (Å²) in [4.78, 5) is 23.7. The van der Waals surface area contributed by atoms with Crippen LogP contribution < -0.4 is 9.62 Å². The number of carbonyl (C=O) groups is 1. The minimum absolute atomic E-state index is 0.0379. The maximum absolute atomic E-state index is 13.6. The molecule has 0 saturated heterocycles. The number of phenols is 2. The lowest BCUT2D eigenvalue weighted by Crippen LogP contribution is -2.30. The number of nitrogens with zero attached hydrogens (tertiary/aromatic N) is 3. The number of benzene rings is 3. The van der Waals surface area contributed by atoms with Crippen LogP contribution in [0, 0.1) is 6.92 Å². The van der Waals surface area contributed by atoms with Gasteiger partial charge in [-0.2, -0.15) is 0 Å². The van der Waals surface area contributed by atoms with Crippen LogP contribution in [0.5, 0.6) is 11.5 Å². The number of rotatable bonds is 9. The summed E-state index contributed by atoms with van der Waals surface area (Å²) >= 11 is 0. The molecule has 212 valence electrons. The van der Waals surface area contributed by atoms with Crippen LogP contribution in [-0.4, -0.2) is 34.5 Å². The highest BCUT2D eigenvalue weighted by Gasteiger charge is 2.22. The zero-order valence-corrected chi connectivity index (χ0v) is 23.5. The molecule has 0 unspecified atom stereocenters. The number of aromatic hydroxyl groups is 2. The van der Waals surface area contributed by atoms with Gasteiger partial charge < -0.3 is 15.1 Å². The van der Waals surface area contributed by atoms with E-state index in [4.69, 9.17) is 0 Å². The molecule has 0 aliphatic rings. The molecule has 3 aromatic carbocycles. The fourth-order valence-corrected chi connectivity index (χ4v) is 5.50. The molecule has 0 aliphatic heterocycles. The molecule has 5 rings (SSSR count). The number of anilines is 1. The van der Waals surface area contributed by atoms with Crippen molar-refractivity contribution in [2.75, 3.05) is 4.90 Å². The number of aromatic nitrogens is 2. The molecule has 0 radical (unpaired) electrons. The first-order valence-electron chi connectivity index (χ1n) is 13.0. The summed E-state index contributed by atoms with van der Waals surface area (Å²) < 4.78 is 28.4. The fraction of sp³-hybridized carbons (Fsp3) is 0.0938. The topological polar surface area (TPSA) is 133 Å². The quantitative estimate of drug-likeness (QED) is 0.219. The first kappa shape index (κ1) is 28.5. The van der Waals surface area contributed by atoms with E-state index in [2.05, 4.69) is 14.7 Å². The van der Waals surface area contributed by atoms with Crippen molar-refractivity contribution < 1.29 is 23.4 Å². The van der Waals surface area contributed by atoms with Crippen LogP contribution in [-0.2, 0) is 23.1 Å². The van der Waals surface area contributed by atoms with Crippen LogP contribution >= 0.6 is 0 Å². The molecule has 1 amide bonds. The Morgan fingerprint density at radius 1 is 0.881 bits per heavy atom. The number of carbonyl (C=O) groups excluding carboxylic acids is 1. The number of pyridine rings is 2. The van der Waals surface area contributed by atoms with Gasteiger partial charge in [-0.15, -0.1) is 0 Å². The maximum Gasteiger partial charge on any atom is 0.262 e. The average Bonchev–Trinajstić information content (AvgIpc) is 3.00. The van der Waals surface area contributed by atoms with Crippen LogP contribution in [0.3, 0.4) is 0 Å². The molecule has 0 saturated carbocycles. The summed E-state index contributed by atoms with van der Waals surface area (Å²) in [6.45, 7) is 2.14. The van der Waals surface area contributed by atoms with Gasteiger partial charge >= 0.3 is 0 Å². The molecule has 0 aliphatic carbocycles. The number of hydrogen-bond acceptors (Lipinski definition) is 7. The summed E-state index contributed by atoms with van der Waals surface area (Å²) in [5.74, 6) is -0.947. The number of hydrogen-bond donors (Lipinski definition) is 3. The number of nitrogens with one attached hydrogen (secondary N) is 1. The van der Waals surface area contributed by atoms with Crippen molar-refractivity contribution >= 4 is 21.6 Å². The van der Waals surface area contributed by atoms with Crippen molar-refractivity contribution in [2.24, 2.45) is 0 Å². The van der Waals surface area contributed by atoms with Crippen molar-refractivity contribution in [1.29, 1.82) is 0 Å². The Morgan fingerprint density at radius 2 is 1.62 bits per heavy atom. The molecule has 9 nitrogen and oxygen atoms in total. The molecule has 0 bridgehead atoms. The monoisotopic (exact) mass is 580 g/mol. The van der Waals surface area contributed by atoms with Crippen molar-refractivity contribution in [2.45, 2.75) is 24.9 Å². The van der Waals surface area contributed by atoms with Crippen molar-refractivity contribution in [1.82, 2.24) is 14.7 Å². The Balaban J connectivity index is 1.40. The Hall–Kier alpha value is -5.06. The van der Waals surface area contributed by atoms with Crippen molar-refractivity contribution in [3.05, 3.63) is 132 Å². The predicted octanol–water partition coefficient (Wildman–Crippen LogP) is 5.19. The summed E-state index contributed by atoms with van der Waals surface area (Å²) in [7, 11) is -3.77. The third-order valence-electron chi connectivity index (χ3n) is 6.65. The van der Waals surface area contributed by atoms with E-state index in [1.165, 1.54) is 23.2 Å². The molecule has 2 heterocycles. The van der Waals surface area contributed by atoms with E-state index in [0.29, 0.717) is 16.9 Å². The summed E-state index contributed by atoms with van der Waals surface area (Å²) in [6, 6.07) is 25.4. The zero-order chi connectivity index (χ0) is 29.7. The SMILES string of the molecule is Cc1cc(S(=O)(=O)NCc2ccccc2)cnc1-c1ccc(N(Cc2cccnc2)C(=O)c2ccc(O)cc2O)cc1. The molecule has 5 aromatic rings.